The van der Waals surface area contributed by atoms with Crippen molar-refractivity contribution in [3.8, 4) is 5.88 Å². The summed E-state index contributed by atoms with van der Waals surface area (Å²) in [7, 11) is 0. The van der Waals surface area contributed by atoms with Gasteiger partial charge in [0.15, 0.2) is 0 Å². The Morgan fingerprint density at radius 1 is 1.28 bits per heavy atom. The van der Waals surface area contributed by atoms with Crippen molar-refractivity contribution in [1.82, 2.24) is 14.9 Å². The Morgan fingerprint density at radius 2 is 2.00 bits per heavy atom. The van der Waals surface area contributed by atoms with Crippen LogP contribution in [0.2, 0.25) is 0 Å². The summed E-state index contributed by atoms with van der Waals surface area (Å²) in [6, 6.07) is 0. The van der Waals surface area contributed by atoms with E-state index in [4.69, 9.17) is 4.74 Å². The Kier molecular flexibility index (Phi) is 4.40. The second kappa shape index (κ2) is 5.85. The van der Waals surface area contributed by atoms with Gasteiger partial charge in [-0.05, 0) is 38.8 Å². The van der Waals surface area contributed by atoms with Crippen molar-refractivity contribution in [2.75, 3.05) is 26.2 Å². The predicted molar refractivity (Wildman–Crippen MR) is 72.4 cm³/mol. The molecule has 3 aliphatic heterocycles. The topological polar surface area (TPSA) is 38.3 Å². The zero-order valence-corrected chi connectivity index (χ0v) is 11.5. The highest BCUT2D eigenvalue weighted by atomic mass is 35.5. The molecule has 100 valence electrons. The fraction of sp³-hybridized carbons (Fsp3) is 0.692. The third-order valence-corrected chi connectivity index (χ3v) is 3.98. The summed E-state index contributed by atoms with van der Waals surface area (Å²) < 4.78 is 5.61. The molecule has 2 bridgehead atoms. The molecule has 1 aromatic heterocycles. The normalized spacial score (nSPS) is 29.7. The number of hydrogen-bond donors (Lipinski definition) is 0. The van der Waals surface area contributed by atoms with Gasteiger partial charge >= 0.3 is 0 Å². The van der Waals surface area contributed by atoms with Crippen LogP contribution in [0.1, 0.15) is 31.4 Å². The van der Waals surface area contributed by atoms with Crippen LogP contribution in [0.25, 0.3) is 0 Å². The molecule has 0 N–H and O–H groups in total. The highest BCUT2D eigenvalue weighted by Crippen LogP contribution is 2.40. The molecule has 0 amide bonds. The summed E-state index contributed by atoms with van der Waals surface area (Å²) in [5, 5.41) is 0. The molecule has 0 spiro atoms. The Bertz CT molecular complexity index is 394. The van der Waals surface area contributed by atoms with Crippen molar-refractivity contribution in [2.45, 2.75) is 25.7 Å². The van der Waals surface area contributed by atoms with E-state index in [0.717, 1.165) is 24.0 Å². The molecule has 5 heteroatoms. The van der Waals surface area contributed by atoms with Gasteiger partial charge in [-0.2, -0.15) is 0 Å². The first-order valence-corrected chi connectivity index (χ1v) is 6.54. The number of piperidine rings is 3. The molecular formula is C13H20ClN3O. The fourth-order valence-corrected chi connectivity index (χ4v) is 3.11. The van der Waals surface area contributed by atoms with Gasteiger partial charge in [0.05, 0.1) is 6.61 Å². The predicted octanol–water partition coefficient (Wildman–Crippen LogP) is 2.11. The number of rotatable bonds is 3. The Hall–Kier alpha value is -0.870. The molecule has 4 heterocycles. The molecule has 3 fully saturated rings. The van der Waals surface area contributed by atoms with Crippen molar-refractivity contribution in [3.63, 3.8) is 0 Å². The minimum Gasteiger partial charge on any atom is -0.477 e. The van der Waals surface area contributed by atoms with Crippen molar-refractivity contribution >= 4 is 12.4 Å². The van der Waals surface area contributed by atoms with Crippen LogP contribution >= 0.6 is 12.4 Å². The zero-order chi connectivity index (χ0) is 11.7. The van der Waals surface area contributed by atoms with Crippen LogP contribution < -0.4 is 4.74 Å². The first-order valence-electron chi connectivity index (χ1n) is 6.54. The van der Waals surface area contributed by atoms with E-state index >= 15 is 0 Å². The Balaban J connectivity index is 0.00000120. The molecule has 0 aliphatic carbocycles. The lowest BCUT2D eigenvalue weighted by molar-refractivity contribution is 0.0835. The largest absolute Gasteiger partial charge is 0.477 e. The summed E-state index contributed by atoms with van der Waals surface area (Å²) in [4.78, 5) is 11.4. The van der Waals surface area contributed by atoms with Crippen molar-refractivity contribution in [2.24, 2.45) is 5.92 Å². The van der Waals surface area contributed by atoms with Crippen molar-refractivity contribution in [3.05, 3.63) is 18.1 Å². The first kappa shape index (κ1) is 13.6. The summed E-state index contributed by atoms with van der Waals surface area (Å²) in [5.74, 6) is 2.04. The molecule has 0 aromatic carbocycles. The molecule has 4 rings (SSSR count). The summed E-state index contributed by atoms with van der Waals surface area (Å²) in [6.07, 6.45) is 6.10. The Morgan fingerprint density at radius 3 is 2.61 bits per heavy atom. The van der Waals surface area contributed by atoms with Gasteiger partial charge in [-0.1, -0.05) is 0 Å². The van der Waals surface area contributed by atoms with E-state index in [1.165, 1.54) is 25.9 Å². The van der Waals surface area contributed by atoms with Gasteiger partial charge in [-0.15, -0.1) is 12.4 Å². The highest BCUT2D eigenvalue weighted by molar-refractivity contribution is 5.85. The zero-order valence-electron chi connectivity index (χ0n) is 10.7. The van der Waals surface area contributed by atoms with Gasteiger partial charge in [0, 0.05) is 24.9 Å². The molecule has 4 nitrogen and oxygen atoms in total. The smallest absolute Gasteiger partial charge is 0.235 e. The SMILES string of the molecule is CCOc1nccnc1C1CN2CCC1CC2.Cl. The number of nitrogens with zero attached hydrogens (tertiary/aromatic N) is 3. The van der Waals surface area contributed by atoms with Gasteiger partial charge in [0.1, 0.15) is 5.69 Å². The lowest BCUT2D eigenvalue weighted by Crippen LogP contribution is -2.46. The molecule has 0 radical (unpaired) electrons. The second-order valence-electron chi connectivity index (χ2n) is 4.92. The average molecular weight is 270 g/mol. The monoisotopic (exact) mass is 269 g/mol. The van der Waals surface area contributed by atoms with Crippen LogP contribution in [0.4, 0.5) is 0 Å². The molecule has 3 saturated heterocycles. The van der Waals surface area contributed by atoms with Crippen LogP contribution in [-0.4, -0.2) is 41.1 Å². The maximum Gasteiger partial charge on any atom is 0.235 e. The Labute approximate surface area is 114 Å². The van der Waals surface area contributed by atoms with Crippen LogP contribution in [0, 0.1) is 5.92 Å². The molecule has 3 aliphatic rings. The number of halogens is 1. The summed E-state index contributed by atoms with van der Waals surface area (Å²) >= 11 is 0. The molecule has 1 atom stereocenters. The number of ether oxygens (including phenoxy) is 1. The minimum atomic E-state index is 0. The molecule has 18 heavy (non-hydrogen) atoms. The number of fused-ring (bicyclic) bond motifs is 3. The lowest BCUT2D eigenvalue weighted by atomic mass is 9.77. The van der Waals surface area contributed by atoms with Crippen LogP contribution in [0.5, 0.6) is 5.88 Å². The van der Waals surface area contributed by atoms with Crippen molar-refractivity contribution in [1.29, 1.82) is 0 Å². The fourth-order valence-electron chi connectivity index (χ4n) is 3.11. The number of hydrogen-bond acceptors (Lipinski definition) is 4. The minimum absolute atomic E-state index is 0. The highest BCUT2D eigenvalue weighted by Gasteiger charge is 2.37. The molecule has 1 unspecified atom stereocenters. The van der Waals surface area contributed by atoms with Gasteiger partial charge in [-0.25, -0.2) is 4.98 Å². The van der Waals surface area contributed by atoms with E-state index in [1.54, 1.807) is 12.4 Å². The van der Waals surface area contributed by atoms with Crippen molar-refractivity contribution < 1.29 is 4.74 Å². The average Bonchev–Trinajstić information content (AvgIpc) is 2.41. The van der Waals surface area contributed by atoms with Gasteiger partial charge in [-0.3, -0.25) is 4.98 Å². The quantitative estimate of drug-likeness (QED) is 0.842. The maximum atomic E-state index is 5.61. The molecule has 0 saturated carbocycles. The van der Waals surface area contributed by atoms with Gasteiger partial charge in [0.25, 0.3) is 0 Å². The van der Waals surface area contributed by atoms with E-state index < -0.39 is 0 Å². The molecule has 1 aromatic rings. The van der Waals surface area contributed by atoms with E-state index in [9.17, 15) is 0 Å². The van der Waals surface area contributed by atoms with E-state index in [0.29, 0.717) is 12.5 Å². The van der Waals surface area contributed by atoms with Gasteiger partial charge < -0.3 is 9.64 Å². The maximum absolute atomic E-state index is 5.61. The lowest BCUT2D eigenvalue weighted by Gasteiger charge is -2.44. The standard InChI is InChI=1S/C13H19N3O.ClH/c1-2-17-13-12(14-5-6-15-13)11-9-16-7-3-10(11)4-8-16;/h5-6,10-11H,2-4,7-9H2,1H3;1H. The van der Waals surface area contributed by atoms with Crippen LogP contribution in [0.15, 0.2) is 12.4 Å². The molecular weight excluding hydrogens is 250 g/mol. The third kappa shape index (κ3) is 2.45. The van der Waals surface area contributed by atoms with Crippen LogP contribution in [0.3, 0.4) is 0 Å². The first-order chi connectivity index (χ1) is 8.38. The third-order valence-electron chi connectivity index (χ3n) is 3.98. The summed E-state index contributed by atoms with van der Waals surface area (Å²) in [5.41, 5.74) is 1.07. The van der Waals surface area contributed by atoms with Gasteiger partial charge in [0.2, 0.25) is 5.88 Å². The van der Waals surface area contributed by atoms with E-state index in [2.05, 4.69) is 14.9 Å². The summed E-state index contributed by atoms with van der Waals surface area (Å²) in [6.45, 7) is 6.29. The van der Waals surface area contributed by atoms with Crippen LogP contribution in [-0.2, 0) is 0 Å². The second-order valence-corrected chi connectivity index (χ2v) is 4.92. The van der Waals surface area contributed by atoms with E-state index in [-0.39, 0.29) is 12.4 Å². The van der Waals surface area contributed by atoms with E-state index in [1.807, 2.05) is 6.92 Å². The number of aromatic nitrogens is 2.